The van der Waals surface area contributed by atoms with Gasteiger partial charge in [0, 0.05) is 0 Å². The maximum Gasteiger partial charge on any atom is 0.298 e. The molecule has 162 valence electrons. The molecule has 0 aliphatic rings. The Labute approximate surface area is 179 Å². The summed E-state index contributed by atoms with van der Waals surface area (Å²) in [6.07, 6.45) is -0.870. The molecule has 0 aliphatic carbocycles. The summed E-state index contributed by atoms with van der Waals surface area (Å²) >= 11 is 0. The molecule has 30 heavy (non-hydrogen) atoms. The zero-order valence-electron chi connectivity index (χ0n) is 17.5. The van der Waals surface area contributed by atoms with Crippen molar-refractivity contribution in [3.8, 4) is 11.8 Å². The Morgan fingerprint density at radius 3 is 1.63 bits per heavy atom. The van der Waals surface area contributed by atoms with Gasteiger partial charge in [-0.25, -0.2) is 4.18 Å². The monoisotopic (exact) mass is 450 g/mol. The maximum absolute atomic E-state index is 12.5. The third kappa shape index (κ3) is 6.96. The minimum absolute atomic E-state index is 0.0325. The molecule has 6 nitrogen and oxygen atoms in total. The minimum Gasteiger partial charge on any atom is -0.250 e. The normalized spacial score (nSPS) is 13.9. The molecule has 0 aliphatic heterocycles. The van der Waals surface area contributed by atoms with Gasteiger partial charge in [0.25, 0.3) is 20.2 Å². The van der Waals surface area contributed by atoms with Gasteiger partial charge in [-0.2, -0.15) is 16.8 Å². The van der Waals surface area contributed by atoms with Crippen LogP contribution in [0.25, 0.3) is 0 Å². The largest absolute Gasteiger partial charge is 0.298 e. The zero-order chi connectivity index (χ0) is 22.4. The van der Waals surface area contributed by atoms with E-state index in [9.17, 15) is 16.8 Å². The lowest BCUT2D eigenvalue weighted by Gasteiger charge is -2.12. The summed E-state index contributed by atoms with van der Waals surface area (Å²) in [6, 6.07) is 12.6. The van der Waals surface area contributed by atoms with E-state index in [0.717, 1.165) is 11.1 Å². The highest BCUT2D eigenvalue weighted by molar-refractivity contribution is 7.87. The summed E-state index contributed by atoms with van der Waals surface area (Å²) in [6.45, 7) is 7.06. The van der Waals surface area contributed by atoms with E-state index >= 15 is 0 Å². The van der Waals surface area contributed by atoms with Crippen molar-refractivity contribution < 1.29 is 25.2 Å². The predicted octanol–water partition coefficient (Wildman–Crippen LogP) is 3.97. The van der Waals surface area contributed by atoms with Crippen molar-refractivity contribution in [3.63, 3.8) is 0 Å². The van der Waals surface area contributed by atoms with Crippen molar-refractivity contribution >= 4 is 20.2 Å². The predicted molar refractivity (Wildman–Crippen MR) is 115 cm³/mol. The van der Waals surface area contributed by atoms with Crippen molar-refractivity contribution in [2.24, 2.45) is 0 Å². The summed E-state index contributed by atoms with van der Waals surface area (Å²) in [5.74, 6) is 5.35. The van der Waals surface area contributed by atoms with E-state index in [0.29, 0.717) is 12.8 Å². The molecule has 0 amide bonds. The SMILES string of the molecule is CCCC(C#CC(C)OS(=O)(=O)c1ccc(C)cc1)OS(=O)(=O)c1ccc(C)cc1. The molecular formula is C22H26O6S2. The lowest BCUT2D eigenvalue weighted by Crippen LogP contribution is -2.19. The summed E-state index contributed by atoms with van der Waals surface area (Å²) in [5.41, 5.74) is 1.86. The van der Waals surface area contributed by atoms with Crippen LogP contribution < -0.4 is 0 Å². The van der Waals surface area contributed by atoms with E-state index in [4.69, 9.17) is 8.37 Å². The zero-order valence-corrected chi connectivity index (χ0v) is 19.1. The second kappa shape index (κ2) is 10.2. The molecule has 0 fully saturated rings. The highest BCUT2D eigenvalue weighted by Gasteiger charge is 2.21. The quantitative estimate of drug-likeness (QED) is 0.447. The van der Waals surface area contributed by atoms with Gasteiger partial charge in [-0.05, 0) is 51.5 Å². The molecule has 0 heterocycles. The fourth-order valence-electron chi connectivity index (χ4n) is 2.50. The highest BCUT2D eigenvalue weighted by atomic mass is 32.2. The molecule has 0 bridgehead atoms. The smallest absolute Gasteiger partial charge is 0.250 e. The molecule has 0 N–H and O–H groups in total. The Morgan fingerprint density at radius 2 is 1.20 bits per heavy atom. The Kier molecular flexibility index (Phi) is 8.21. The van der Waals surface area contributed by atoms with Crippen LogP contribution in [0.3, 0.4) is 0 Å². The molecule has 2 rings (SSSR count). The van der Waals surface area contributed by atoms with Crippen molar-refractivity contribution in [1.82, 2.24) is 0 Å². The van der Waals surface area contributed by atoms with E-state index in [2.05, 4.69) is 11.8 Å². The number of hydrogen-bond donors (Lipinski definition) is 0. The Hall–Kier alpha value is -2.18. The van der Waals surface area contributed by atoms with Gasteiger partial charge in [-0.3, -0.25) is 4.18 Å². The second-order valence-electron chi connectivity index (χ2n) is 6.94. The fraction of sp³-hybridized carbons (Fsp3) is 0.364. The molecule has 0 spiro atoms. The van der Waals surface area contributed by atoms with Crippen LogP contribution in [-0.2, 0) is 28.6 Å². The van der Waals surface area contributed by atoms with Crippen molar-refractivity contribution in [1.29, 1.82) is 0 Å². The van der Waals surface area contributed by atoms with E-state index < -0.39 is 32.4 Å². The van der Waals surface area contributed by atoms with Gasteiger partial charge < -0.3 is 0 Å². The lowest BCUT2D eigenvalue weighted by molar-refractivity contribution is 0.249. The Balaban J connectivity index is 2.13. The fourth-order valence-corrected chi connectivity index (χ4v) is 4.54. The average molecular weight is 451 g/mol. The van der Waals surface area contributed by atoms with Crippen LogP contribution in [0.2, 0.25) is 0 Å². The van der Waals surface area contributed by atoms with E-state index in [-0.39, 0.29) is 9.79 Å². The summed E-state index contributed by atoms with van der Waals surface area (Å²) in [7, 11) is -7.97. The van der Waals surface area contributed by atoms with Gasteiger partial charge in [0.05, 0.1) is 9.79 Å². The van der Waals surface area contributed by atoms with Crippen molar-refractivity contribution in [2.45, 2.75) is 62.5 Å². The van der Waals surface area contributed by atoms with Crippen LogP contribution >= 0.6 is 0 Å². The third-order valence-corrected chi connectivity index (χ3v) is 6.86. The summed E-state index contributed by atoms with van der Waals surface area (Å²) in [4.78, 5) is 0.0762. The van der Waals surface area contributed by atoms with Crippen LogP contribution in [-0.4, -0.2) is 29.0 Å². The topological polar surface area (TPSA) is 86.7 Å². The molecule has 8 heteroatoms. The molecular weight excluding hydrogens is 424 g/mol. The first kappa shape index (κ1) is 24.1. The van der Waals surface area contributed by atoms with Crippen molar-refractivity contribution in [3.05, 3.63) is 59.7 Å². The van der Waals surface area contributed by atoms with E-state index in [1.165, 1.54) is 31.2 Å². The van der Waals surface area contributed by atoms with Gasteiger partial charge in [0.1, 0.15) is 12.2 Å². The molecule has 2 unspecified atom stereocenters. The van der Waals surface area contributed by atoms with Crippen LogP contribution in [0.15, 0.2) is 58.3 Å². The first-order valence-corrected chi connectivity index (χ1v) is 12.4. The molecule has 2 aromatic rings. The molecule has 0 saturated carbocycles. The number of aryl methyl sites for hydroxylation is 2. The number of rotatable bonds is 8. The Morgan fingerprint density at radius 1 is 0.767 bits per heavy atom. The first-order valence-electron chi connectivity index (χ1n) is 9.54. The van der Waals surface area contributed by atoms with E-state index in [1.54, 1.807) is 24.3 Å². The van der Waals surface area contributed by atoms with Crippen LogP contribution in [0.4, 0.5) is 0 Å². The molecule has 0 saturated heterocycles. The van der Waals surface area contributed by atoms with Crippen LogP contribution in [0.5, 0.6) is 0 Å². The van der Waals surface area contributed by atoms with E-state index in [1.807, 2.05) is 20.8 Å². The van der Waals surface area contributed by atoms with Gasteiger partial charge >= 0.3 is 0 Å². The standard InChI is InChI=1S/C22H26O6S2/c1-5-6-20(28-30(25,26)22-15-9-18(3)10-16-22)12-11-19(4)27-29(23,24)21-13-7-17(2)8-14-21/h7-10,13-16,19-20H,5-6H2,1-4H3. The van der Waals surface area contributed by atoms with Gasteiger partial charge in [-0.15, -0.1) is 0 Å². The number of benzene rings is 2. The lowest BCUT2D eigenvalue weighted by atomic mass is 10.2. The summed E-state index contributed by atoms with van der Waals surface area (Å²) in [5, 5.41) is 0. The highest BCUT2D eigenvalue weighted by Crippen LogP contribution is 2.18. The molecule has 0 radical (unpaired) electrons. The van der Waals surface area contributed by atoms with Crippen molar-refractivity contribution in [2.75, 3.05) is 0 Å². The summed E-state index contributed by atoms with van der Waals surface area (Å²) < 4.78 is 60.1. The molecule has 2 atom stereocenters. The van der Waals surface area contributed by atoms with Gasteiger partial charge in [0.2, 0.25) is 0 Å². The minimum atomic E-state index is -3.99. The van der Waals surface area contributed by atoms with Crippen LogP contribution in [0, 0.1) is 25.7 Å². The first-order chi connectivity index (χ1) is 14.0. The number of hydrogen-bond acceptors (Lipinski definition) is 6. The average Bonchev–Trinajstić information content (AvgIpc) is 2.66. The second-order valence-corrected chi connectivity index (χ2v) is 10.1. The van der Waals surface area contributed by atoms with Gasteiger partial charge in [0.15, 0.2) is 0 Å². The maximum atomic E-state index is 12.5. The van der Waals surface area contributed by atoms with Gasteiger partial charge in [-0.1, -0.05) is 60.6 Å². The van der Waals surface area contributed by atoms with Crippen LogP contribution in [0.1, 0.15) is 37.8 Å². The Bertz CT molecular complexity index is 1110. The molecule has 2 aromatic carbocycles. The molecule has 0 aromatic heterocycles. The third-order valence-electron chi connectivity index (χ3n) is 4.13.